The molecule has 2 aromatic rings. The van der Waals surface area contributed by atoms with Crippen LogP contribution < -0.4 is 4.90 Å². The first-order valence-corrected chi connectivity index (χ1v) is 11.9. The number of hydrogen-bond acceptors (Lipinski definition) is 4. The van der Waals surface area contributed by atoms with E-state index in [0.29, 0.717) is 18.8 Å². The first kappa shape index (κ1) is 21.5. The predicted octanol–water partition coefficient (Wildman–Crippen LogP) is 3.06. The molecule has 0 saturated carbocycles. The fraction of sp³-hybridized carbons (Fsp3) is 0.391. The van der Waals surface area contributed by atoms with E-state index in [2.05, 4.69) is 0 Å². The van der Waals surface area contributed by atoms with Crippen molar-refractivity contribution >= 4 is 27.6 Å². The number of benzene rings is 2. The maximum Gasteiger partial charge on any atom is 0.294 e. The Hall–Kier alpha value is -2.71. The maximum atomic E-state index is 13.6. The lowest BCUT2D eigenvalue weighted by Crippen LogP contribution is -2.46. The fourth-order valence-corrected chi connectivity index (χ4v) is 5.32. The zero-order valence-electron chi connectivity index (χ0n) is 17.6. The lowest BCUT2D eigenvalue weighted by molar-refractivity contribution is -0.132. The van der Waals surface area contributed by atoms with Crippen LogP contribution in [0.3, 0.4) is 0 Å². The molecule has 2 amide bonds. The van der Waals surface area contributed by atoms with E-state index in [-0.39, 0.29) is 28.7 Å². The van der Waals surface area contributed by atoms with Gasteiger partial charge in [-0.15, -0.1) is 0 Å². The average molecular weight is 443 g/mol. The van der Waals surface area contributed by atoms with Crippen molar-refractivity contribution in [2.75, 3.05) is 18.0 Å². The van der Waals surface area contributed by atoms with Crippen LogP contribution in [0, 0.1) is 13.8 Å². The highest BCUT2D eigenvalue weighted by molar-refractivity contribution is 7.85. The van der Waals surface area contributed by atoms with E-state index in [1.54, 1.807) is 11.0 Å². The number of carbonyl (C=O) groups excluding carboxylic acids is 2. The van der Waals surface area contributed by atoms with Gasteiger partial charge in [0.25, 0.3) is 10.1 Å². The van der Waals surface area contributed by atoms with Gasteiger partial charge in [0, 0.05) is 18.8 Å². The number of anilines is 1. The molecule has 2 aliphatic heterocycles. The van der Waals surface area contributed by atoms with Crippen LogP contribution in [0.25, 0.3) is 0 Å². The van der Waals surface area contributed by atoms with E-state index in [0.717, 1.165) is 24.0 Å². The Morgan fingerprint density at radius 1 is 1.03 bits per heavy atom. The van der Waals surface area contributed by atoms with Crippen LogP contribution >= 0.6 is 0 Å². The lowest BCUT2D eigenvalue weighted by atomic mass is 9.95. The molecule has 4 rings (SSSR count). The molecule has 164 valence electrons. The van der Waals surface area contributed by atoms with Crippen LogP contribution in [0.15, 0.2) is 47.4 Å². The number of hydrogen-bond donors (Lipinski definition) is 1. The number of carbonyl (C=O) groups is 2. The molecule has 0 spiro atoms. The summed E-state index contributed by atoms with van der Waals surface area (Å²) in [7, 11) is -4.51. The molecule has 1 N–H and O–H groups in total. The van der Waals surface area contributed by atoms with E-state index in [9.17, 15) is 22.6 Å². The third kappa shape index (κ3) is 3.97. The van der Waals surface area contributed by atoms with Gasteiger partial charge in [-0.2, -0.15) is 8.42 Å². The summed E-state index contributed by atoms with van der Waals surface area (Å²) in [5.41, 5.74) is 2.92. The molecule has 0 aromatic heterocycles. The van der Waals surface area contributed by atoms with Crippen molar-refractivity contribution in [3.8, 4) is 0 Å². The van der Waals surface area contributed by atoms with E-state index in [4.69, 9.17) is 0 Å². The van der Waals surface area contributed by atoms with E-state index in [1.165, 1.54) is 23.1 Å². The minimum absolute atomic E-state index is 0.115. The Balaban J connectivity index is 1.79. The summed E-state index contributed by atoms with van der Waals surface area (Å²) >= 11 is 0. The molecule has 2 unspecified atom stereocenters. The molecule has 2 saturated heterocycles. The van der Waals surface area contributed by atoms with Gasteiger partial charge in [-0.3, -0.25) is 19.0 Å². The molecule has 0 radical (unpaired) electrons. The van der Waals surface area contributed by atoms with Crippen LogP contribution in [0.2, 0.25) is 0 Å². The summed E-state index contributed by atoms with van der Waals surface area (Å²) in [5, 5.41) is 0. The van der Waals surface area contributed by atoms with E-state index < -0.39 is 22.1 Å². The SMILES string of the molecule is Cc1ccc(N2C(=O)C(c3ccccc3S(=O)(=O)O)CC2C(=O)N2CCCC2)cc1C. The molecule has 2 fully saturated rings. The number of rotatable bonds is 4. The monoisotopic (exact) mass is 442 g/mol. The second-order valence-corrected chi connectivity index (χ2v) is 9.72. The molecule has 2 aromatic carbocycles. The van der Waals surface area contributed by atoms with Gasteiger partial charge in [-0.05, 0) is 68.0 Å². The first-order valence-electron chi connectivity index (χ1n) is 10.4. The van der Waals surface area contributed by atoms with Crippen molar-refractivity contribution in [3.63, 3.8) is 0 Å². The van der Waals surface area contributed by atoms with Crippen LogP contribution in [-0.2, 0) is 19.7 Å². The van der Waals surface area contributed by atoms with Crippen LogP contribution in [0.1, 0.15) is 41.9 Å². The van der Waals surface area contributed by atoms with Crippen molar-refractivity contribution in [1.29, 1.82) is 0 Å². The summed E-state index contributed by atoms with van der Waals surface area (Å²) in [5.74, 6) is -1.29. The standard InChI is InChI=1S/C23H26N2O5S/c1-15-9-10-17(13-16(15)2)25-20(23(27)24-11-5-6-12-24)14-19(22(25)26)18-7-3-4-8-21(18)31(28,29)30/h3-4,7-10,13,19-20H,5-6,11-12,14H2,1-2H3,(H,28,29,30). The topological polar surface area (TPSA) is 95.0 Å². The highest BCUT2D eigenvalue weighted by atomic mass is 32.2. The molecule has 8 heteroatoms. The van der Waals surface area contributed by atoms with Crippen molar-refractivity contribution in [1.82, 2.24) is 4.90 Å². The van der Waals surface area contributed by atoms with E-state index in [1.807, 2.05) is 32.0 Å². The van der Waals surface area contributed by atoms with Crippen molar-refractivity contribution in [2.45, 2.75) is 50.0 Å². The molecular weight excluding hydrogens is 416 g/mol. The van der Waals surface area contributed by atoms with Crippen molar-refractivity contribution in [2.24, 2.45) is 0 Å². The quantitative estimate of drug-likeness (QED) is 0.735. The predicted molar refractivity (Wildman–Crippen MR) is 117 cm³/mol. The molecule has 2 atom stereocenters. The largest absolute Gasteiger partial charge is 0.341 e. The van der Waals surface area contributed by atoms with Crippen LogP contribution in [0.5, 0.6) is 0 Å². The third-order valence-corrected chi connectivity index (χ3v) is 7.28. The smallest absolute Gasteiger partial charge is 0.294 e. The van der Waals surface area contributed by atoms with Gasteiger partial charge in [-0.1, -0.05) is 24.3 Å². The zero-order chi connectivity index (χ0) is 22.3. The minimum atomic E-state index is -4.51. The number of aryl methyl sites for hydroxylation is 2. The Bertz CT molecular complexity index is 1140. The Morgan fingerprint density at radius 2 is 1.71 bits per heavy atom. The summed E-state index contributed by atoms with van der Waals surface area (Å²) in [6, 6.07) is 10.9. The molecule has 0 bridgehead atoms. The minimum Gasteiger partial charge on any atom is -0.341 e. The molecule has 31 heavy (non-hydrogen) atoms. The van der Waals surface area contributed by atoms with Crippen molar-refractivity contribution < 1.29 is 22.6 Å². The normalized spacial score (nSPS) is 21.7. The molecule has 7 nitrogen and oxygen atoms in total. The summed E-state index contributed by atoms with van der Waals surface area (Å²) in [6.07, 6.45) is 2.03. The molecule has 0 aliphatic carbocycles. The molecule has 2 heterocycles. The Labute approximate surface area is 182 Å². The lowest BCUT2D eigenvalue weighted by Gasteiger charge is -2.28. The summed E-state index contributed by atoms with van der Waals surface area (Å²) in [4.78, 5) is 29.9. The van der Waals surface area contributed by atoms with E-state index >= 15 is 0 Å². The second kappa shape index (κ2) is 8.09. The van der Waals surface area contributed by atoms with Crippen molar-refractivity contribution in [3.05, 3.63) is 59.2 Å². The summed E-state index contributed by atoms with van der Waals surface area (Å²) < 4.78 is 33.5. The average Bonchev–Trinajstić information content (AvgIpc) is 3.37. The number of amides is 2. The molecule has 2 aliphatic rings. The third-order valence-electron chi connectivity index (χ3n) is 6.35. The van der Waals surface area contributed by atoms with Gasteiger partial charge < -0.3 is 4.90 Å². The highest BCUT2D eigenvalue weighted by Gasteiger charge is 2.47. The van der Waals surface area contributed by atoms with Gasteiger partial charge >= 0.3 is 0 Å². The Morgan fingerprint density at radius 3 is 2.35 bits per heavy atom. The first-order chi connectivity index (χ1) is 14.7. The van der Waals surface area contributed by atoms with Crippen LogP contribution in [-0.4, -0.2) is 48.8 Å². The van der Waals surface area contributed by atoms with Gasteiger partial charge in [0.15, 0.2) is 0 Å². The number of nitrogens with zero attached hydrogens (tertiary/aromatic N) is 2. The highest BCUT2D eigenvalue weighted by Crippen LogP contribution is 2.40. The Kier molecular flexibility index (Phi) is 5.61. The van der Waals surface area contributed by atoms with Gasteiger partial charge in [0.2, 0.25) is 11.8 Å². The number of likely N-dealkylation sites (tertiary alicyclic amines) is 1. The summed E-state index contributed by atoms with van der Waals surface area (Å²) in [6.45, 7) is 5.25. The van der Waals surface area contributed by atoms with Gasteiger partial charge in [-0.25, -0.2) is 0 Å². The zero-order valence-corrected chi connectivity index (χ0v) is 18.4. The van der Waals surface area contributed by atoms with Crippen LogP contribution in [0.4, 0.5) is 5.69 Å². The van der Waals surface area contributed by atoms with Gasteiger partial charge in [0.05, 0.1) is 10.8 Å². The second-order valence-electron chi connectivity index (χ2n) is 8.33. The fourth-order valence-electron chi connectivity index (χ4n) is 4.56. The van der Waals surface area contributed by atoms with Gasteiger partial charge in [0.1, 0.15) is 6.04 Å². The molecular formula is C23H26N2O5S. The maximum absolute atomic E-state index is 13.6.